The number of H-pyrrole nitrogens is 2. The highest BCUT2D eigenvalue weighted by Crippen LogP contribution is 2.39. The van der Waals surface area contributed by atoms with Crippen LogP contribution in [0.2, 0.25) is 0 Å². The zero-order valence-electron chi connectivity index (χ0n) is 12.9. The van der Waals surface area contributed by atoms with Gasteiger partial charge in [0.2, 0.25) is 5.69 Å². The predicted molar refractivity (Wildman–Crippen MR) is 88.8 cm³/mol. The molecule has 1 aromatic carbocycles. The second-order valence-electron chi connectivity index (χ2n) is 4.94. The molecule has 0 unspecified atom stereocenters. The van der Waals surface area contributed by atoms with Crippen LogP contribution < -0.4 is 11.1 Å². The second-order valence-corrected chi connectivity index (χ2v) is 4.94. The molecule has 3 N–H and O–H groups in total. The molecule has 0 radical (unpaired) electrons. The Kier molecular flexibility index (Phi) is 4.09. The molecular formula is C12H7N7O8. The number of nitro groups is 3. The molecule has 27 heavy (non-hydrogen) atoms. The molecule has 3 aromatic rings. The largest absolute Gasteiger partial charge is 0.433 e. The third-order valence-electron chi connectivity index (χ3n) is 3.31. The summed E-state index contributed by atoms with van der Waals surface area (Å²) in [5, 5.41) is 36.8. The first-order valence-corrected chi connectivity index (χ1v) is 6.89. The fraction of sp³-hybridized carbons (Fsp3) is 0. The van der Waals surface area contributed by atoms with Gasteiger partial charge in [0.25, 0.3) is 0 Å². The van der Waals surface area contributed by atoms with Crippen LogP contribution in [0.1, 0.15) is 5.76 Å². The number of aromatic amines is 2. The van der Waals surface area contributed by atoms with E-state index in [0.29, 0.717) is 0 Å². The van der Waals surface area contributed by atoms with Gasteiger partial charge in [-0.2, -0.15) is 5.10 Å². The van der Waals surface area contributed by atoms with E-state index in [4.69, 9.17) is 4.42 Å². The number of aromatic nitrogens is 2. The van der Waals surface area contributed by atoms with Crippen molar-refractivity contribution in [2.45, 2.75) is 0 Å². The highest BCUT2D eigenvalue weighted by Gasteiger charge is 2.30. The number of benzene rings is 1. The molecule has 0 bridgehead atoms. The lowest BCUT2D eigenvalue weighted by atomic mass is 10.2. The van der Waals surface area contributed by atoms with Crippen LogP contribution in [0, 0.1) is 30.3 Å². The number of imidazole rings is 1. The fourth-order valence-corrected chi connectivity index (χ4v) is 2.25. The van der Waals surface area contributed by atoms with E-state index in [1.54, 1.807) is 0 Å². The van der Waals surface area contributed by atoms with E-state index in [0.717, 1.165) is 18.3 Å². The molecule has 138 valence electrons. The first kappa shape index (κ1) is 17.3. The van der Waals surface area contributed by atoms with E-state index in [-0.39, 0.29) is 16.8 Å². The number of hydrogen-bond donors (Lipinski definition) is 3. The smallest absolute Gasteiger partial charge is 0.400 e. The maximum absolute atomic E-state index is 11.4. The molecule has 3 rings (SSSR count). The third kappa shape index (κ3) is 3.18. The number of fused-ring (bicyclic) bond motifs is 1. The lowest BCUT2D eigenvalue weighted by molar-refractivity contribution is -0.402. The quantitative estimate of drug-likeness (QED) is 0.322. The molecule has 15 heteroatoms. The van der Waals surface area contributed by atoms with Gasteiger partial charge >= 0.3 is 22.9 Å². The van der Waals surface area contributed by atoms with Gasteiger partial charge in [0, 0.05) is 6.07 Å². The molecule has 2 heterocycles. The number of nitrogens with one attached hydrogen (secondary N) is 3. The number of nitro benzene ring substituents is 2. The summed E-state index contributed by atoms with van der Waals surface area (Å²) in [6.07, 6.45) is 0.935. The van der Waals surface area contributed by atoms with Crippen molar-refractivity contribution < 1.29 is 19.2 Å². The Hall–Kier alpha value is -4.56. The van der Waals surface area contributed by atoms with Gasteiger partial charge < -0.3 is 9.40 Å². The molecule has 0 spiro atoms. The summed E-state index contributed by atoms with van der Waals surface area (Å²) < 4.78 is 4.80. The molecule has 0 aliphatic heterocycles. The summed E-state index contributed by atoms with van der Waals surface area (Å²) in [5.41, 5.74) is -1.11. The van der Waals surface area contributed by atoms with Crippen LogP contribution in [-0.4, -0.2) is 31.0 Å². The van der Waals surface area contributed by atoms with Crippen LogP contribution in [0.25, 0.3) is 11.0 Å². The van der Waals surface area contributed by atoms with Gasteiger partial charge in [0.05, 0.1) is 27.6 Å². The topological polar surface area (TPSA) is 216 Å². The van der Waals surface area contributed by atoms with Crippen molar-refractivity contribution in [2.75, 3.05) is 5.43 Å². The molecule has 2 aromatic heterocycles. The third-order valence-corrected chi connectivity index (χ3v) is 3.31. The SMILES string of the molecule is O=c1[nH]c2cc([N+](=O)[O-])c(NN=Cc3ccc([N+](=O)[O-])o3)c([N+](=O)[O-])c2[nH]1. The number of nitrogens with zero attached hydrogens (tertiary/aromatic N) is 4. The number of hydrogen-bond acceptors (Lipinski definition) is 10. The van der Waals surface area contributed by atoms with Crippen molar-refractivity contribution in [3.8, 4) is 0 Å². The lowest BCUT2D eigenvalue weighted by Gasteiger charge is -2.04. The normalized spacial score (nSPS) is 11.1. The van der Waals surface area contributed by atoms with E-state index in [9.17, 15) is 35.1 Å². The van der Waals surface area contributed by atoms with Crippen LogP contribution >= 0.6 is 0 Å². The Bertz CT molecular complexity index is 1170. The maximum Gasteiger partial charge on any atom is 0.433 e. The Morgan fingerprint density at radius 2 is 1.81 bits per heavy atom. The Morgan fingerprint density at radius 3 is 2.41 bits per heavy atom. The zero-order chi connectivity index (χ0) is 19.7. The first-order chi connectivity index (χ1) is 12.8. The number of furan rings is 1. The van der Waals surface area contributed by atoms with Crippen molar-refractivity contribution >= 4 is 40.2 Å². The zero-order valence-corrected chi connectivity index (χ0v) is 12.9. The number of hydrazone groups is 1. The van der Waals surface area contributed by atoms with Gasteiger partial charge in [-0.3, -0.25) is 40.8 Å². The monoisotopic (exact) mass is 377 g/mol. The second kappa shape index (κ2) is 6.39. The Morgan fingerprint density at radius 1 is 1.07 bits per heavy atom. The van der Waals surface area contributed by atoms with Gasteiger partial charge in [-0.1, -0.05) is 0 Å². The van der Waals surface area contributed by atoms with Gasteiger partial charge in [-0.15, -0.1) is 0 Å². The number of rotatable bonds is 6. The molecule has 0 saturated heterocycles. The number of anilines is 1. The van der Waals surface area contributed by atoms with E-state index >= 15 is 0 Å². The van der Waals surface area contributed by atoms with E-state index in [1.165, 1.54) is 6.07 Å². The minimum absolute atomic E-state index is 0.0735. The average Bonchev–Trinajstić information content (AvgIpc) is 3.19. The average molecular weight is 377 g/mol. The van der Waals surface area contributed by atoms with Crippen molar-refractivity contribution in [3.63, 3.8) is 0 Å². The van der Waals surface area contributed by atoms with Crippen LogP contribution in [-0.2, 0) is 0 Å². The summed E-state index contributed by atoms with van der Waals surface area (Å²) in [4.78, 5) is 46.4. The van der Waals surface area contributed by atoms with Crippen LogP contribution in [0.4, 0.5) is 22.9 Å². The standard InChI is InChI=1S/C12H7N7O8/c20-12-14-6-3-7(17(21)22)10(11(19(25)26)9(6)15-12)16-13-4-5-1-2-8(27-5)18(23)24/h1-4,16H,(H2,14,15,20). The summed E-state index contributed by atoms with van der Waals surface area (Å²) in [6, 6.07) is 3.19. The van der Waals surface area contributed by atoms with Gasteiger partial charge in [0.1, 0.15) is 10.4 Å². The highest BCUT2D eigenvalue weighted by atomic mass is 16.7. The predicted octanol–water partition coefficient (Wildman–Crippen LogP) is 1.62. The molecular weight excluding hydrogens is 370 g/mol. The highest BCUT2D eigenvalue weighted by molar-refractivity contribution is 5.96. The molecule has 0 saturated carbocycles. The van der Waals surface area contributed by atoms with Gasteiger partial charge in [-0.05, 0) is 6.07 Å². The van der Waals surface area contributed by atoms with E-state index < -0.39 is 43.4 Å². The van der Waals surface area contributed by atoms with E-state index in [1.807, 2.05) is 0 Å². The minimum Gasteiger partial charge on any atom is -0.400 e. The fourth-order valence-electron chi connectivity index (χ4n) is 2.25. The molecule has 0 aliphatic carbocycles. The van der Waals surface area contributed by atoms with E-state index in [2.05, 4.69) is 20.5 Å². The summed E-state index contributed by atoms with van der Waals surface area (Å²) >= 11 is 0. The van der Waals surface area contributed by atoms with Crippen LogP contribution in [0.15, 0.2) is 32.5 Å². The lowest BCUT2D eigenvalue weighted by Crippen LogP contribution is -2.03. The van der Waals surface area contributed by atoms with Crippen LogP contribution in [0.5, 0.6) is 0 Å². The summed E-state index contributed by atoms with van der Waals surface area (Å²) in [6.45, 7) is 0. The van der Waals surface area contributed by atoms with Crippen LogP contribution in [0.3, 0.4) is 0 Å². The molecule has 0 amide bonds. The van der Waals surface area contributed by atoms with Crippen molar-refractivity contribution in [3.05, 3.63) is 64.8 Å². The van der Waals surface area contributed by atoms with Crippen molar-refractivity contribution in [2.24, 2.45) is 5.10 Å². The molecule has 0 fully saturated rings. The van der Waals surface area contributed by atoms with Gasteiger partial charge in [-0.25, -0.2) is 4.79 Å². The minimum atomic E-state index is -0.922. The molecule has 0 aliphatic rings. The molecule has 15 nitrogen and oxygen atoms in total. The molecule has 0 atom stereocenters. The summed E-state index contributed by atoms with van der Waals surface area (Å²) in [5.74, 6) is -0.629. The van der Waals surface area contributed by atoms with Crippen molar-refractivity contribution in [1.29, 1.82) is 0 Å². The first-order valence-electron chi connectivity index (χ1n) is 6.89. The van der Waals surface area contributed by atoms with Crippen molar-refractivity contribution in [1.82, 2.24) is 9.97 Å². The Balaban J connectivity index is 2.06. The summed E-state index contributed by atoms with van der Waals surface area (Å²) in [7, 11) is 0. The maximum atomic E-state index is 11.4. The van der Waals surface area contributed by atoms with Gasteiger partial charge in [0.15, 0.2) is 5.76 Å². The Labute approximate surface area is 145 Å².